The van der Waals surface area contributed by atoms with Crippen molar-refractivity contribution in [3.05, 3.63) is 75.5 Å². The molecule has 0 saturated carbocycles. The maximum absolute atomic E-state index is 12.7. The number of nitro groups is 1. The molecule has 1 unspecified atom stereocenters. The van der Waals surface area contributed by atoms with Crippen molar-refractivity contribution in [1.29, 1.82) is 0 Å². The quantitative estimate of drug-likeness (QED) is 0.322. The van der Waals surface area contributed by atoms with Gasteiger partial charge in [-0.25, -0.2) is 0 Å². The van der Waals surface area contributed by atoms with E-state index in [9.17, 15) is 28.1 Å². The third-order valence-electron chi connectivity index (χ3n) is 4.62. The summed E-state index contributed by atoms with van der Waals surface area (Å²) in [4.78, 5) is 21.8. The average molecular weight is 418 g/mol. The summed E-state index contributed by atoms with van der Waals surface area (Å²) in [6.07, 6.45) is -2.16. The molecule has 0 saturated heterocycles. The summed E-state index contributed by atoms with van der Waals surface area (Å²) >= 11 is 0. The van der Waals surface area contributed by atoms with Crippen LogP contribution in [-0.4, -0.2) is 21.4 Å². The van der Waals surface area contributed by atoms with E-state index in [-0.39, 0.29) is 17.9 Å². The Balaban J connectivity index is 1.82. The van der Waals surface area contributed by atoms with Crippen LogP contribution in [-0.2, 0) is 17.5 Å². The minimum absolute atomic E-state index is 0.149. The molecule has 30 heavy (non-hydrogen) atoms. The zero-order valence-corrected chi connectivity index (χ0v) is 15.7. The first-order valence-corrected chi connectivity index (χ1v) is 8.88. The number of hydrogen-bond acceptors (Lipinski definition) is 5. The second-order valence-corrected chi connectivity index (χ2v) is 6.65. The highest BCUT2D eigenvalue weighted by atomic mass is 19.4. The molecule has 1 atom stereocenters. The lowest BCUT2D eigenvalue weighted by molar-refractivity contribution is -0.384. The summed E-state index contributed by atoms with van der Waals surface area (Å²) in [6.45, 7) is 1.79. The predicted octanol–water partition coefficient (Wildman–Crippen LogP) is 4.92. The molecule has 3 rings (SSSR count). The van der Waals surface area contributed by atoms with Gasteiger partial charge in [0.1, 0.15) is 12.0 Å². The fourth-order valence-corrected chi connectivity index (χ4v) is 2.92. The fraction of sp³-hybridized carbons (Fsp3) is 0.200. The van der Waals surface area contributed by atoms with Crippen LogP contribution in [0.15, 0.2) is 48.7 Å². The number of nitrogens with zero attached hydrogens (tertiary/aromatic N) is 2. The second-order valence-electron chi connectivity index (χ2n) is 6.65. The Labute approximate surface area is 169 Å². The van der Waals surface area contributed by atoms with Crippen LogP contribution in [0.25, 0.3) is 11.3 Å². The summed E-state index contributed by atoms with van der Waals surface area (Å²) in [7, 11) is 0. The van der Waals surface area contributed by atoms with Crippen LogP contribution >= 0.6 is 0 Å². The number of aromatic nitrogens is 2. The van der Waals surface area contributed by atoms with E-state index in [1.54, 1.807) is 19.2 Å². The van der Waals surface area contributed by atoms with Crippen LogP contribution in [0, 0.1) is 10.1 Å². The standard InChI is InChI=1S/C20H17F3N4O3/c1-12(11-28)14-4-7-17(18(8-14)27(29)30)24-9-15-10-25-26-19(15)13-2-5-16(6-3-13)20(21,22)23/h2-8,10-12,24H,9H2,1H3,(H,25,26). The highest BCUT2D eigenvalue weighted by Crippen LogP contribution is 2.32. The van der Waals surface area contributed by atoms with Gasteiger partial charge in [-0.3, -0.25) is 15.2 Å². The first-order chi connectivity index (χ1) is 14.2. The predicted molar refractivity (Wildman–Crippen MR) is 104 cm³/mol. The van der Waals surface area contributed by atoms with Crippen LogP contribution in [0.2, 0.25) is 0 Å². The molecular formula is C20H17F3N4O3. The molecule has 0 radical (unpaired) electrons. The number of aromatic amines is 1. The third-order valence-corrected chi connectivity index (χ3v) is 4.62. The Morgan fingerprint density at radius 3 is 2.53 bits per heavy atom. The molecule has 0 spiro atoms. The highest BCUT2D eigenvalue weighted by molar-refractivity contribution is 5.69. The zero-order valence-electron chi connectivity index (χ0n) is 15.7. The first kappa shape index (κ1) is 21.0. The van der Waals surface area contributed by atoms with Gasteiger partial charge in [-0.2, -0.15) is 18.3 Å². The summed E-state index contributed by atoms with van der Waals surface area (Å²) < 4.78 is 38.2. The Morgan fingerprint density at radius 2 is 1.93 bits per heavy atom. The normalized spacial score (nSPS) is 12.4. The van der Waals surface area contributed by atoms with Crippen molar-refractivity contribution in [3.63, 3.8) is 0 Å². The van der Waals surface area contributed by atoms with E-state index in [1.807, 2.05) is 0 Å². The first-order valence-electron chi connectivity index (χ1n) is 8.88. The van der Waals surface area contributed by atoms with Crippen molar-refractivity contribution < 1.29 is 22.9 Å². The van der Waals surface area contributed by atoms with Crippen molar-refractivity contribution in [3.8, 4) is 11.3 Å². The van der Waals surface area contributed by atoms with E-state index in [4.69, 9.17) is 0 Å². The maximum atomic E-state index is 12.7. The second kappa shape index (κ2) is 8.36. The molecule has 0 amide bonds. The largest absolute Gasteiger partial charge is 0.416 e. The van der Waals surface area contributed by atoms with Crippen LogP contribution in [0.1, 0.15) is 29.5 Å². The molecule has 156 valence electrons. The lowest BCUT2D eigenvalue weighted by Crippen LogP contribution is -2.05. The minimum atomic E-state index is -4.43. The monoisotopic (exact) mass is 418 g/mol. The number of aldehydes is 1. The smallest absolute Gasteiger partial charge is 0.375 e. The zero-order chi connectivity index (χ0) is 21.9. The van der Waals surface area contributed by atoms with Gasteiger partial charge in [0.05, 0.1) is 16.2 Å². The highest BCUT2D eigenvalue weighted by Gasteiger charge is 2.30. The molecule has 10 heteroatoms. The number of carbonyl (C=O) groups excluding carboxylic acids is 1. The molecule has 2 N–H and O–H groups in total. The van der Waals surface area contributed by atoms with Crippen LogP contribution in [0.5, 0.6) is 0 Å². The van der Waals surface area contributed by atoms with Gasteiger partial charge in [-0.1, -0.05) is 25.1 Å². The number of halogens is 3. The minimum Gasteiger partial charge on any atom is -0.375 e. The Morgan fingerprint density at radius 1 is 1.23 bits per heavy atom. The number of carbonyl (C=O) groups is 1. The molecule has 0 bridgehead atoms. The molecule has 1 heterocycles. The molecular weight excluding hydrogens is 401 g/mol. The van der Waals surface area contributed by atoms with Gasteiger partial charge in [0.15, 0.2) is 0 Å². The summed E-state index contributed by atoms with van der Waals surface area (Å²) in [5, 5.41) is 21.1. The number of benzene rings is 2. The Hall–Kier alpha value is -3.69. The molecule has 2 aromatic carbocycles. The van der Waals surface area contributed by atoms with E-state index in [0.717, 1.165) is 12.1 Å². The topological polar surface area (TPSA) is 101 Å². The summed E-state index contributed by atoms with van der Waals surface area (Å²) in [5.74, 6) is -0.474. The Bertz CT molecular complexity index is 1060. The summed E-state index contributed by atoms with van der Waals surface area (Å²) in [5.41, 5.74) is 1.37. The van der Waals surface area contributed by atoms with Gasteiger partial charge in [-0.05, 0) is 23.8 Å². The number of alkyl halides is 3. The Kier molecular flexibility index (Phi) is 5.86. The van der Waals surface area contributed by atoms with E-state index in [1.165, 1.54) is 24.3 Å². The number of hydrogen-bond donors (Lipinski definition) is 2. The molecule has 0 fully saturated rings. The SMILES string of the molecule is CC(C=O)c1ccc(NCc2c[nH]nc2-c2ccc(C(F)(F)F)cc2)c([N+](=O)[O-])c1. The van der Waals surface area contributed by atoms with Gasteiger partial charge < -0.3 is 10.1 Å². The molecule has 7 nitrogen and oxygen atoms in total. The van der Waals surface area contributed by atoms with Crippen LogP contribution < -0.4 is 5.32 Å². The van der Waals surface area contributed by atoms with Gasteiger partial charge in [0.25, 0.3) is 5.69 Å². The molecule has 0 aliphatic heterocycles. The molecule has 3 aromatic rings. The van der Waals surface area contributed by atoms with E-state index < -0.39 is 22.6 Å². The van der Waals surface area contributed by atoms with Gasteiger partial charge >= 0.3 is 6.18 Å². The van der Waals surface area contributed by atoms with E-state index in [0.29, 0.717) is 28.7 Å². The van der Waals surface area contributed by atoms with Gasteiger partial charge in [0.2, 0.25) is 0 Å². The average Bonchev–Trinajstić information content (AvgIpc) is 3.19. The number of rotatable bonds is 7. The van der Waals surface area contributed by atoms with Crippen molar-refractivity contribution >= 4 is 17.7 Å². The van der Waals surface area contributed by atoms with Crippen molar-refractivity contribution in [2.24, 2.45) is 0 Å². The molecule has 0 aliphatic carbocycles. The van der Waals surface area contributed by atoms with Crippen LogP contribution in [0.4, 0.5) is 24.5 Å². The lowest BCUT2D eigenvalue weighted by Gasteiger charge is -2.11. The number of H-pyrrole nitrogens is 1. The molecule has 0 aliphatic rings. The van der Waals surface area contributed by atoms with Crippen molar-refractivity contribution in [2.75, 3.05) is 5.32 Å². The van der Waals surface area contributed by atoms with Crippen molar-refractivity contribution in [2.45, 2.75) is 25.6 Å². The van der Waals surface area contributed by atoms with Gasteiger partial charge in [-0.15, -0.1) is 0 Å². The lowest BCUT2D eigenvalue weighted by atomic mass is 10.0. The van der Waals surface area contributed by atoms with E-state index >= 15 is 0 Å². The number of nitrogens with one attached hydrogen (secondary N) is 2. The van der Waals surface area contributed by atoms with Crippen LogP contribution in [0.3, 0.4) is 0 Å². The summed E-state index contributed by atoms with van der Waals surface area (Å²) in [6, 6.07) is 9.07. The fourth-order valence-electron chi connectivity index (χ4n) is 2.92. The van der Waals surface area contributed by atoms with E-state index in [2.05, 4.69) is 15.5 Å². The van der Waals surface area contributed by atoms with Crippen molar-refractivity contribution in [1.82, 2.24) is 10.2 Å². The molecule has 1 aromatic heterocycles. The number of anilines is 1. The van der Waals surface area contributed by atoms with Gasteiger partial charge in [0, 0.05) is 35.9 Å². The number of nitro benzene ring substituents is 1. The third kappa shape index (κ3) is 4.48. The maximum Gasteiger partial charge on any atom is 0.416 e.